The topological polar surface area (TPSA) is 50.9 Å². The van der Waals surface area contributed by atoms with Gasteiger partial charge in [-0.25, -0.2) is 9.37 Å². The zero-order valence-electron chi connectivity index (χ0n) is 10.2. The zero-order chi connectivity index (χ0) is 14.4. The first-order valence-electron chi connectivity index (χ1n) is 5.40. The average Bonchev–Trinajstić information content (AvgIpc) is 2.32. The number of aryl methyl sites for hydroxylation is 1. The van der Waals surface area contributed by atoms with Crippen molar-refractivity contribution < 1.29 is 17.6 Å². The highest BCUT2D eigenvalue weighted by Gasteiger charge is 2.36. The van der Waals surface area contributed by atoms with Gasteiger partial charge >= 0.3 is 6.18 Å². The van der Waals surface area contributed by atoms with Crippen molar-refractivity contribution in [3.63, 3.8) is 0 Å². The minimum Gasteiger partial charge on any atom is -0.323 e. The number of fused-ring (bicyclic) bond motifs is 1. The second-order valence-electron chi connectivity index (χ2n) is 4.17. The van der Waals surface area contributed by atoms with Gasteiger partial charge in [-0.1, -0.05) is 0 Å². The van der Waals surface area contributed by atoms with Gasteiger partial charge < -0.3 is 5.43 Å². The van der Waals surface area contributed by atoms with E-state index in [0.717, 1.165) is 0 Å². The summed E-state index contributed by atoms with van der Waals surface area (Å²) in [5, 5.41) is 0.354. The third-order valence-corrected chi connectivity index (χ3v) is 3.00. The van der Waals surface area contributed by atoms with Crippen molar-refractivity contribution >= 4 is 16.6 Å². The number of anilines is 1. The Kier molecular flexibility index (Phi) is 3.09. The summed E-state index contributed by atoms with van der Waals surface area (Å²) in [7, 11) is 0. The smallest absolute Gasteiger partial charge is 0.323 e. The summed E-state index contributed by atoms with van der Waals surface area (Å²) in [6.07, 6.45) is -4.62. The van der Waals surface area contributed by atoms with Crippen molar-refractivity contribution in [2.24, 2.45) is 5.84 Å². The molecule has 3 N–H and O–H groups in total. The Hall–Kier alpha value is -1.89. The molecule has 0 saturated heterocycles. The van der Waals surface area contributed by atoms with Crippen LogP contribution in [0.5, 0.6) is 0 Å². The fourth-order valence-electron chi connectivity index (χ4n) is 2.00. The van der Waals surface area contributed by atoms with Crippen LogP contribution in [0.4, 0.5) is 23.2 Å². The average molecular weight is 273 g/mol. The molecule has 1 aromatic carbocycles. The van der Waals surface area contributed by atoms with Crippen LogP contribution in [-0.4, -0.2) is 4.98 Å². The molecule has 0 aliphatic rings. The van der Waals surface area contributed by atoms with Gasteiger partial charge in [-0.15, -0.1) is 0 Å². The van der Waals surface area contributed by atoms with Crippen LogP contribution >= 0.6 is 0 Å². The van der Waals surface area contributed by atoms with E-state index in [2.05, 4.69) is 10.4 Å². The van der Waals surface area contributed by atoms with Crippen molar-refractivity contribution in [3.05, 3.63) is 34.8 Å². The normalized spacial score (nSPS) is 11.9. The second-order valence-corrected chi connectivity index (χ2v) is 4.17. The monoisotopic (exact) mass is 273 g/mol. The van der Waals surface area contributed by atoms with Gasteiger partial charge in [0.25, 0.3) is 0 Å². The molecule has 2 aromatic rings. The van der Waals surface area contributed by atoms with Gasteiger partial charge in [-0.2, -0.15) is 13.2 Å². The molecule has 0 spiro atoms. The number of hydrogen-bond acceptors (Lipinski definition) is 3. The number of hydrogen-bond donors (Lipinski definition) is 2. The Labute approximate surface area is 106 Å². The van der Waals surface area contributed by atoms with E-state index in [1.807, 2.05) is 0 Å². The molecule has 102 valence electrons. The van der Waals surface area contributed by atoms with E-state index >= 15 is 0 Å². The maximum Gasteiger partial charge on any atom is 0.433 e. The third kappa shape index (κ3) is 2.10. The van der Waals surface area contributed by atoms with E-state index in [0.29, 0.717) is 5.39 Å². The van der Waals surface area contributed by atoms with E-state index < -0.39 is 17.7 Å². The molecular weight excluding hydrogens is 262 g/mol. The van der Waals surface area contributed by atoms with Gasteiger partial charge in [0.1, 0.15) is 11.5 Å². The van der Waals surface area contributed by atoms with Gasteiger partial charge in [-0.05, 0) is 26.0 Å². The molecule has 0 amide bonds. The Balaban J connectivity index is 2.96. The lowest BCUT2D eigenvalue weighted by molar-refractivity contribution is -0.141. The lowest BCUT2D eigenvalue weighted by Crippen LogP contribution is -2.16. The van der Waals surface area contributed by atoms with Crippen LogP contribution in [0.15, 0.2) is 12.1 Å². The first-order chi connectivity index (χ1) is 8.77. The number of pyridine rings is 1. The Morgan fingerprint density at radius 3 is 2.32 bits per heavy atom. The number of nitrogens with one attached hydrogen (secondary N) is 1. The number of benzene rings is 1. The molecule has 0 bridgehead atoms. The van der Waals surface area contributed by atoms with Crippen molar-refractivity contribution in [2.75, 3.05) is 5.43 Å². The second kappa shape index (κ2) is 4.34. The highest BCUT2D eigenvalue weighted by Crippen LogP contribution is 2.37. The molecule has 1 aromatic heterocycles. The van der Waals surface area contributed by atoms with Crippen molar-refractivity contribution in [3.8, 4) is 0 Å². The number of halogens is 4. The molecule has 0 fully saturated rings. The van der Waals surface area contributed by atoms with Gasteiger partial charge in [0.05, 0.1) is 11.2 Å². The molecule has 0 aliphatic heterocycles. The lowest BCUT2D eigenvalue weighted by atomic mass is 10.0. The highest BCUT2D eigenvalue weighted by atomic mass is 19.4. The summed E-state index contributed by atoms with van der Waals surface area (Å²) >= 11 is 0. The van der Waals surface area contributed by atoms with Crippen LogP contribution < -0.4 is 11.3 Å². The Morgan fingerprint density at radius 2 is 1.79 bits per heavy atom. The summed E-state index contributed by atoms with van der Waals surface area (Å²) in [6.45, 7) is 2.64. The summed E-state index contributed by atoms with van der Waals surface area (Å²) in [5.41, 5.74) is 1.15. The van der Waals surface area contributed by atoms with Crippen LogP contribution in [0.25, 0.3) is 10.9 Å². The molecular formula is C12H11F4N3. The number of hydrazine groups is 1. The Morgan fingerprint density at radius 1 is 1.16 bits per heavy atom. The third-order valence-electron chi connectivity index (χ3n) is 3.00. The Bertz CT molecular complexity index is 650. The quantitative estimate of drug-likeness (QED) is 0.476. The molecule has 0 aliphatic carbocycles. The fraction of sp³-hybridized carbons (Fsp3) is 0.250. The number of nitrogen functional groups attached to an aromatic ring is 1. The van der Waals surface area contributed by atoms with E-state index in [1.165, 1.54) is 26.0 Å². The molecule has 0 unspecified atom stereocenters. The molecule has 19 heavy (non-hydrogen) atoms. The zero-order valence-corrected chi connectivity index (χ0v) is 10.2. The molecule has 7 heteroatoms. The van der Waals surface area contributed by atoms with Gasteiger partial charge in [0.15, 0.2) is 0 Å². The molecule has 3 nitrogen and oxygen atoms in total. The van der Waals surface area contributed by atoms with E-state index in [-0.39, 0.29) is 22.3 Å². The maximum absolute atomic E-state index is 13.4. The standard InChI is InChI=1S/C12H11F4N3/c1-5-8(13)4-3-7-9(5)18-11(12(14,15)16)6(2)10(7)19-17/h3-4H,17H2,1-2H3,(H,18,19). The van der Waals surface area contributed by atoms with Crippen LogP contribution in [-0.2, 0) is 6.18 Å². The van der Waals surface area contributed by atoms with Crippen LogP contribution in [0, 0.1) is 19.7 Å². The molecule has 0 atom stereocenters. The molecule has 0 saturated carbocycles. The number of aromatic nitrogens is 1. The van der Waals surface area contributed by atoms with E-state index in [9.17, 15) is 17.6 Å². The van der Waals surface area contributed by atoms with Crippen molar-refractivity contribution in [2.45, 2.75) is 20.0 Å². The largest absolute Gasteiger partial charge is 0.433 e. The highest BCUT2D eigenvalue weighted by molar-refractivity contribution is 5.95. The van der Waals surface area contributed by atoms with Crippen LogP contribution in [0.3, 0.4) is 0 Å². The van der Waals surface area contributed by atoms with Crippen molar-refractivity contribution in [1.82, 2.24) is 4.98 Å². The minimum absolute atomic E-state index is 0.0501. The predicted molar refractivity (Wildman–Crippen MR) is 64.0 cm³/mol. The van der Waals surface area contributed by atoms with E-state index in [4.69, 9.17) is 5.84 Å². The van der Waals surface area contributed by atoms with Gasteiger partial charge in [0.2, 0.25) is 0 Å². The van der Waals surface area contributed by atoms with E-state index in [1.54, 1.807) is 0 Å². The van der Waals surface area contributed by atoms with Gasteiger partial charge in [0, 0.05) is 16.5 Å². The van der Waals surface area contributed by atoms with Crippen molar-refractivity contribution in [1.29, 1.82) is 0 Å². The number of nitrogens with zero attached hydrogens (tertiary/aromatic N) is 1. The predicted octanol–water partition coefficient (Wildman–Crippen LogP) is 3.30. The molecule has 1 heterocycles. The number of rotatable bonds is 1. The summed E-state index contributed by atoms with van der Waals surface area (Å²) in [6, 6.07) is 2.53. The van der Waals surface area contributed by atoms with Gasteiger partial charge in [-0.3, -0.25) is 5.84 Å². The summed E-state index contributed by atoms with van der Waals surface area (Å²) in [4.78, 5) is 3.55. The fourth-order valence-corrected chi connectivity index (χ4v) is 2.00. The maximum atomic E-state index is 13.4. The van der Waals surface area contributed by atoms with Crippen LogP contribution in [0.2, 0.25) is 0 Å². The summed E-state index contributed by atoms with van der Waals surface area (Å²) < 4.78 is 52.1. The summed E-state index contributed by atoms with van der Waals surface area (Å²) in [5.74, 6) is 4.67. The molecule has 2 rings (SSSR count). The number of alkyl halides is 3. The lowest BCUT2D eigenvalue weighted by Gasteiger charge is -2.16. The molecule has 0 radical (unpaired) electrons. The minimum atomic E-state index is -4.62. The number of nitrogens with two attached hydrogens (primary N) is 1. The SMILES string of the molecule is Cc1c(C(F)(F)F)nc2c(C)c(F)ccc2c1NN. The van der Waals surface area contributed by atoms with Crippen LogP contribution in [0.1, 0.15) is 16.8 Å². The first-order valence-corrected chi connectivity index (χ1v) is 5.40. The first kappa shape index (κ1) is 13.5.